The standard InChI is InChI=1S/C33H34FN5O3S2/c1-4-14-38-30(37-18-16-36(17-19-37)25-9-7-24(34)8-10-25)27(22(2)28(21-35)31(38)40)20-29-32(41)39(33(43)44-29)15-13-23-5-11-26(42-3)12-6-23/h5-12,20H,4,13-19H2,1-3H3/b29-20+. The molecular formula is C33H34FN5O3S2. The number of hydrogen-bond acceptors (Lipinski definition) is 8. The largest absolute Gasteiger partial charge is 0.497 e. The molecule has 0 radical (unpaired) electrons. The van der Waals surface area contributed by atoms with Gasteiger partial charge in [-0.2, -0.15) is 5.26 Å². The first kappa shape index (κ1) is 31.3. The van der Waals surface area contributed by atoms with Crippen LogP contribution in [0.3, 0.4) is 0 Å². The lowest BCUT2D eigenvalue weighted by atomic mass is 10.0. The van der Waals surface area contributed by atoms with Gasteiger partial charge in [0.2, 0.25) is 0 Å². The molecule has 2 aliphatic heterocycles. The molecule has 2 aliphatic rings. The van der Waals surface area contributed by atoms with Crippen LogP contribution in [0.4, 0.5) is 15.9 Å². The molecule has 3 heterocycles. The fraction of sp³-hybridized carbons (Fsp3) is 0.333. The van der Waals surface area contributed by atoms with Crippen LogP contribution in [0, 0.1) is 24.1 Å². The van der Waals surface area contributed by atoms with Gasteiger partial charge in [0.15, 0.2) is 0 Å². The van der Waals surface area contributed by atoms with Crippen LogP contribution in [0.25, 0.3) is 6.08 Å². The molecule has 44 heavy (non-hydrogen) atoms. The Morgan fingerprint density at radius 3 is 2.30 bits per heavy atom. The van der Waals surface area contributed by atoms with E-state index in [0.717, 1.165) is 17.0 Å². The van der Waals surface area contributed by atoms with E-state index in [-0.39, 0.29) is 22.8 Å². The van der Waals surface area contributed by atoms with Gasteiger partial charge >= 0.3 is 0 Å². The summed E-state index contributed by atoms with van der Waals surface area (Å²) in [6.45, 7) is 7.17. The Hall–Kier alpha value is -4.14. The zero-order valence-corrected chi connectivity index (χ0v) is 26.6. The predicted molar refractivity (Wildman–Crippen MR) is 178 cm³/mol. The van der Waals surface area contributed by atoms with E-state index in [1.807, 2.05) is 31.2 Å². The molecule has 2 saturated heterocycles. The SMILES string of the molecule is CCCn1c(N2CCN(c3ccc(F)cc3)CC2)c(/C=C2/SC(=S)N(CCc3ccc(OC)cc3)C2=O)c(C)c(C#N)c1=O. The Balaban J connectivity index is 1.46. The molecule has 1 aromatic heterocycles. The van der Waals surface area contributed by atoms with Gasteiger partial charge in [-0.3, -0.25) is 19.1 Å². The van der Waals surface area contributed by atoms with Crippen LogP contribution in [-0.4, -0.2) is 59.5 Å². The van der Waals surface area contributed by atoms with Crippen molar-refractivity contribution in [1.82, 2.24) is 9.47 Å². The van der Waals surface area contributed by atoms with Crippen molar-refractivity contribution in [3.63, 3.8) is 0 Å². The van der Waals surface area contributed by atoms with Gasteiger partial charge in [-0.15, -0.1) is 0 Å². The Kier molecular flexibility index (Phi) is 9.71. The Morgan fingerprint density at radius 2 is 1.68 bits per heavy atom. The van der Waals surface area contributed by atoms with Gasteiger partial charge < -0.3 is 14.5 Å². The average molecular weight is 632 g/mol. The molecule has 0 N–H and O–H groups in total. The van der Waals surface area contributed by atoms with Gasteiger partial charge in [0.05, 0.1) is 12.0 Å². The summed E-state index contributed by atoms with van der Waals surface area (Å²) in [5.74, 6) is 1.01. The number of carbonyl (C=O) groups is 1. The van der Waals surface area contributed by atoms with Gasteiger partial charge in [-0.25, -0.2) is 4.39 Å². The summed E-state index contributed by atoms with van der Waals surface area (Å²) in [5.41, 5.74) is 2.98. The van der Waals surface area contributed by atoms with Crippen molar-refractivity contribution in [3.8, 4) is 11.8 Å². The van der Waals surface area contributed by atoms with Crippen molar-refractivity contribution in [2.45, 2.75) is 33.2 Å². The second-order valence-electron chi connectivity index (χ2n) is 10.7. The number of halogens is 1. The molecule has 0 atom stereocenters. The summed E-state index contributed by atoms with van der Waals surface area (Å²) in [5, 5.41) is 9.97. The summed E-state index contributed by atoms with van der Waals surface area (Å²) in [4.78, 5) is 33.6. The van der Waals surface area contributed by atoms with Crippen molar-refractivity contribution in [3.05, 3.63) is 91.9 Å². The molecule has 5 rings (SSSR count). The second kappa shape index (κ2) is 13.7. The van der Waals surface area contributed by atoms with E-state index in [1.54, 1.807) is 41.7 Å². The highest BCUT2D eigenvalue weighted by atomic mass is 32.2. The molecular weight excluding hydrogens is 598 g/mol. The van der Waals surface area contributed by atoms with Gasteiger partial charge in [-0.1, -0.05) is 43.0 Å². The number of carbonyl (C=O) groups excluding carboxylic acids is 1. The van der Waals surface area contributed by atoms with Gasteiger partial charge in [0, 0.05) is 50.5 Å². The molecule has 228 valence electrons. The highest BCUT2D eigenvalue weighted by Crippen LogP contribution is 2.36. The fourth-order valence-corrected chi connectivity index (χ4v) is 6.89. The van der Waals surface area contributed by atoms with Crippen molar-refractivity contribution >= 4 is 51.8 Å². The third-order valence-electron chi connectivity index (χ3n) is 8.00. The number of nitrogens with zero attached hydrogens (tertiary/aromatic N) is 5. The highest BCUT2D eigenvalue weighted by Gasteiger charge is 2.33. The number of thioether (sulfide) groups is 1. The molecule has 0 aliphatic carbocycles. The molecule has 11 heteroatoms. The first-order chi connectivity index (χ1) is 21.2. The smallest absolute Gasteiger partial charge is 0.270 e. The number of anilines is 2. The van der Waals surface area contributed by atoms with Gasteiger partial charge in [-0.05, 0) is 73.4 Å². The lowest BCUT2D eigenvalue weighted by Gasteiger charge is -2.39. The number of thiocarbonyl (C=S) groups is 1. The number of aromatic nitrogens is 1. The summed E-state index contributed by atoms with van der Waals surface area (Å²) in [7, 11) is 1.62. The van der Waals surface area contributed by atoms with Crippen molar-refractivity contribution in [2.75, 3.05) is 49.6 Å². The topological polar surface area (TPSA) is 81.8 Å². The fourth-order valence-electron chi connectivity index (χ4n) is 5.60. The van der Waals surface area contributed by atoms with Crippen LogP contribution in [0.1, 0.15) is 35.6 Å². The van der Waals surface area contributed by atoms with E-state index in [1.165, 1.54) is 23.9 Å². The van der Waals surface area contributed by atoms with Gasteiger partial charge in [0.25, 0.3) is 11.5 Å². The average Bonchev–Trinajstić information content (AvgIpc) is 3.30. The third-order valence-corrected chi connectivity index (χ3v) is 9.37. The molecule has 0 spiro atoms. The highest BCUT2D eigenvalue weighted by molar-refractivity contribution is 8.26. The van der Waals surface area contributed by atoms with Crippen LogP contribution in [-0.2, 0) is 17.8 Å². The number of benzene rings is 2. The number of amides is 1. The van der Waals surface area contributed by atoms with E-state index in [4.69, 9.17) is 17.0 Å². The van der Waals surface area contributed by atoms with E-state index in [9.17, 15) is 19.2 Å². The van der Waals surface area contributed by atoms with Gasteiger partial charge in [0.1, 0.15) is 33.3 Å². The van der Waals surface area contributed by atoms with Crippen LogP contribution in [0.2, 0.25) is 0 Å². The van der Waals surface area contributed by atoms with Crippen molar-refractivity contribution < 1.29 is 13.9 Å². The van der Waals surface area contributed by atoms with Crippen molar-refractivity contribution in [1.29, 1.82) is 5.26 Å². The molecule has 0 unspecified atom stereocenters. The van der Waals surface area contributed by atoms with E-state index in [2.05, 4.69) is 15.9 Å². The summed E-state index contributed by atoms with van der Waals surface area (Å²) >= 11 is 6.86. The van der Waals surface area contributed by atoms with E-state index in [0.29, 0.717) is 78.3 Å². The second-order valence-corrected chi connectivity index (χ2v) is 12.4. The zero-order chi connectivity index (χ0) is 31.4. The number of ether oxygens (including phenoxy) is 1. The maximum atomic E-state index is 13.6. The normalized spacial score (nSPS) is 16.2. The Morgan fingerprint density at radius 1 is 1.02 bits per heavy atom. The van der Waals surface area contributed by atoms with Crippen LogP contribution in [0.5, 0.6) is 5.75 Å². The summed E-state index contributed by atoms with van der Waals surface area (Å²) in [6, 6.07) is 16.3. The maximum absolute atomic E-state index is 13.6. The monoisotopic (exact) mass is 631 g/mol. The van der Waals surface area contributed by atoms with Crippen LogP contribution in [0.15, 0.2) is 58.2 Å². The zero-order valence-electron chi connectivity index (χ0n) is 25.0. The number of nitriles is 1. The van der Waals surface area contributed by atoms with E-state index >= 15 is 0 Å². The Bertz CT molecular complexity index is 1690. The Labute approximate surface area is 266 Å². The molecule has 8 nitrogen and oxygen atoms in total. The molecule has 3 aromatic rings. The lowest BCUT2D eigenvalue weighted by Crippen LogP contribution is -2.48. The lowest BCUT2D eigenvalue weighted by molar-refractivity contribution is -0.122. The van der Waals surface area contributed by atoms with Crippen molar-refractivity contribution in [2.24, 2.45) is 0 Å². The minimum Gasteiger partial charge on any atom is -0.497 e. The molecule has 0 saturated carbocycles. The number of hydrogen-bond donors (Lipinski definition) is 0. The minimum absolute atomic E-state index is 0.0772. The van der Waals surface area contributed by atoms with Crippen LogP contribution >= 0.6 is 24.0 Å². The molecule has 2 aromatic carbocycles. The number of rotatable bonds is 9. The third kappa shape index (κ3) is 6.37. The molecule has 2 fully saturated rings. The first-order valence-corrected chi connectivity index (χ1v) is 15.8. The molecule has 1 amide bonds. The first-order valence-electron chi connectivity index (χ1n) is 14.6. The molecule has 0 bridgehead atoms. The number of methoxy groups -OCH3 is 1. The predicted octanol–water partition coefficient (Wildman–Crippen LogP) is 5.36. The summed E-state index contributed by atoms with van der Waals surface area (Å²) < 4.78 is 20.9. The minimum atomic E-state index is -0.327. The van der Waals surface area contributed by atoms with E-state index < -0.39 is 0 Å². The maximum Gasteiger partial charge on any atom is 0.270 e. The van der Waals surface area contributed by atoms with Crippen LogP contribution < -0.4 is 20.1 Å². The summed E-state index contributed by atoms with van der Waals surface area (Å²) in [6.07, 6.45) is 3.13. The quantitative estimate of drug-likeness (QED) is 0.231. The number of pyridine rings is 1. The number of piperazine rings is 1.